The fraction of sp³-hybridized carbons (Fsp3) is 0.143. The molecule has 7 nitrogen and oxygen atoms in total. The van der Waals surface area contributed by atoms with Gasteiger partial charge in [-0.3, -0.25) is 4.72 Å². The van der Waals surface area contributed by atoms with Crippen molar-refractivity contribution < 1.29 is 27.5 Å². The van der Waals surface area contributed by atoms with Crippen LogP contribution in [0.3, 0.4) is 0 Å². The molecule has 0 aliphatic rings. The molecule has 0 aliphatic heterocycles. The Morgan fingerprint density at radius 3 is 2.42 bits per heavy atom. The SMILES string of the molecule is COC(=O)c1ccc(Cl)c(S(=O)(=O)Nc2ccsc2C(=O)OC)c1. The van der Waals surface area contributed by atoms with E-state index in [9.17, 15) is 18.0 Å². The number of sulfonamides is 1. The number of thiophene rings is 1. The Labute approximate surface area is 147 Å². The Hall–Kier alpha value is -2.10. The standard InChI is InChI=1S/C14H12ClNO6S2/c1-21-13(17)8-3-4-9(15)11(7-8)24(19,20)16-10-5-6-23-12(10)14(18)22-2/h3-7,16H,1-2H3. The number of anilines is 1. The van der Waals surface area contributed by atoms with Gasteiger partial charge in [-0.2, -0.15) is 0 Å². The number of rotatable bonds is 5. The summed E-state index contributed by atoms with van der Waals surface area (Å²) in [7, 11) is -1.76. The molecule has 0 spiro atoms. The highest BCUT2D eigenvalue weighted by Gasteiger charge is 2.24. The van der Waals surface area contributed by atoms with Crippen LogP contribution in [0.2, 0.25) is 5.02 Å². The molecule has 24 heavy (non-hydrogen) atoms. The van der Waals surface area contributed by atoms with Crippen molar-refractivity contribution in [3.05, 3.63) is 45.1 Å². The second-order valence-electron chi connectivity index (χ2n) is 4.40. The fourth-order valence-electron chi connectivity index (χ4n) is 1.79. The first-order chi connectivity index (χ1) is 11.3. The summed E-state index contributed by atoms with van der Waals surface area (Å²) in [6.45, 7) is 0. The van der Waals surface area contributed by atoms with Crippen molar-refractivity contribution in [3.8, 4) is 0 Å². The van der Waals surface area contributed by atoms with Gasteiger partial charge in [0.15, 0.2) is 0 Å². The first-order valence-electron chi connectivity index (χ1n) is 6.36. The van der Waals surface area contributed by atoms with E-state index in [1.807, 2.05) is 0 Å². The molecule has 0 bridgehead atoms. The molecule has 1 N–H and O–H groups in total. The molecule has 0 unspecified atom stereocenters. The third kappa shape index (κ3) is 3.69. The van der Waals surface area contributed by atoms with Crippen LogP contribution in [0, 0.1) is 0 Å². The quantitative estimate of drug-likeness (QED) is 0.789. The van der Waals surface area contributed by atoms with Crippen LogP contribution >= 0.6 is 22.9 Å². The normalized spacial score (nSPS) is 11.0. The second kappa shape index (κ2) is 7.20. The van der Waals surface area contributed by atoms with E-state index in [0.29, 0.717) is 0 Å². The van der Waals surface area contributed by atoms with E-state index in [4.69, 9.17) is 11.6 Å². The van der Waals surface area contributed by atoms with Crippen LogP contribution in [0.5, 0.6) is 0 Å². The summed E-state index contributed by atoms with van der Waals surface area (Å²) in [5, 5.41) is 1.46. The predicted octanol–water partition coefficient (Wildman–Crippen LogP) is 2.78. The molecular formula is C14H12ClNO6S2. The third-order valence-corrected chi connectivity index (χ3v) is 5.66. The van der Waals surface area contributed by atoms with Crippen LogP contribution < -0.4 is 4.72 Å². The summed E-state index contributed by atoms with van der Waals surface area (Å²) in [5.41, 5.74) is 0.0900. The maximum absolute atomic E-state index is 12.6. The number of hydrogen-bond acceptors (Lipinski definition) is 7. The van der Waals surface area contributed by atoms with E-state index in [-0.39, 0.29) is 26.0 Å². The maximum atomic E-state index is 12.6. The van der Waals surface area contributed by atoms with Gasteiger partial charge in [-0.25, -0.2) is 18.0 Å². The van der Waals surface area contributed by atoms with Crippen molar-refractivity contribution in [1.82, 2.24) is 0 Å². The molecule has 2 aromatic rings. The molecule has 1 aromatic carbocycles. The van der Waals surface area contributed by atoms with Gasteiger partial charge >= 0.3 is 11.9 Å². The van der Waals surface area contributed by atoms with E-state index in [0.717, 1.165) is 17.4 Å². The highest BCUT2D eigenvalue weighted by Crippen LogP contribution is 2.29. The molecule has 2 rings (SSSR count). The number of methoxy groups -OCH3 is 2. The molecule has 0 saturated carbocycles. The van der Waals surface area contributed by atoms with Crippen molar-refractivity contribution >= 4 is 50.6 Å². The van der Waals surface area contributed by atoms with Gasteiger partial charge in [0.2, 0.25) is 0 Å². The predicted molar refractivity (Wildman–Crippen MR) is 89.3 cm³/mol. The molecule has 0 radical (unpaired) electrons. The Morgan fingerprint density at radius 2 is 1.79 bits per heavy atom. The molecule has 1 aromatic heterocycles. The number of halogens is 1. The minimum absolute atomic E-state index is 0.0285. The largest absolute Gasteiger partial charge is 0.465 e. The lowest BCUT2D eigenvalue weighted by Gasteiger charge is -2.10. The van der Waals surface area contributed by atoms with E-state index in [2.05, 4.69) is 14.2 Å². The summed E-state index contributed by atoms with van der Waals surface area (Å²) >= 11 is 6.96. The van der Waals surface area contributed by atoms with Crippen molar-refractivity contribution in [2.45, 2.75) is 4.90 Å². The number of carbonyl (C=O) groups excluding carboxylic acids is 2. The van der Waals surface area contributed by atoms with Crippen LogP contribution in [0.25, 0.3) is 0 Å². The number of carbonyl (C=O) groups is 2. The Bertz CT molecular complexity index is 890. The monoisotopic (exact) mass is 389 g/mol. The zero-order chi connectivity index (χ0) is 17.9. The summed E-state index contributed by atoms with van der Waals surface area (Å²) in [4.78, 5) is 23.0. The van der Waals surface area contributed by atoms with E-state index in [1.54, 1.807) is 0 Å². The molecule has 0 aliphatic carbocycles. The first kappa shape index (κ1) is 18.2. The highest BCUT2D eigenvalue weighted by molar-refractivity contribution is 7.92. The average Bonchev–Trinajstić information content (AvgIpc) is 3.00. The van der Waals surface area contributed by atoms with Gasteiger partial charge in [-0.05, 0) is 29.6 Å². The van der Waals surface area contributed by atoms with Crippen LogP contribution in [0.15, 0.2) is 34.5 Å². The molecular weight excluding hydrogens is 378 g/mol. The van der Waals surface area contributed by atoms with Gasteiger partial charge < -0.3 is 9.47 Å². The summed E-state index contributed by atoms with van der Waals surface area (Å²) in [6.07, 6.45) is 0. The van der Waals surface area contributed by atoms with Crippen LogP contribution in [-0.2, 0) is 19.5 Å². The van der Waals surface area contributed by atoms with Crippen molar-refractivity contribution in [3.63, 3.8) is 0 Å². The van der Waals surface area contributed by atoms with Crippen LogP contribution in [0.1, 0.15) is 20.0 Å². The Balaban J connectivity index is 2.43. The Morgan fingerprint density at radius 1 is 1.12 bits per heavy atom. The zero-order valence-corrected chi connectivity index (χ0v) is 14.9. The van der Waals surface area contributed by atoms with Crippen molar-refractivity contribution in [1.29, 1.82) is 0 Å². The van der Waals surface area contributed by atoms with Gasteiger partial charge in [0.05, 0.1) is 30.5 Å². The number of esters is 2. The lowest BCUT2D eigenvalue weighted by molar-refractivity contribution is 0.0594. The molecule has 0 fully saturated rings. The number of ether oxygens (including phenoxy) is 2. The first-order valence-corrected chi connectivity index (χ1v) is 9.10. The second-order valence-corrected chi connectivity index (χ2v) is 7.37. The van der Waals surface area contributed by atoms with Gasteiger partial charge in [0.1, 0.15) is 9.77 Å². The minimum atomic E-state index is -4.13. The summed E-state index contributed by atoms with van der Waals surface area (Å²) < 4.78 is 36.5. The average molecular weight is 390 g/mol. The van der Waals surface area contributed by atoms with Gasteiger partial charge in [0, 0.05) is 0 Å². The van der Waals surface area contributed by atoms with Crippen molar-refractivity contribution in [2.75, 3.05) is 18.9 Å². The fourth-order valence-corrected chi connectivity index (χ4v) is 4.22. The molecule has 0 amide bonds. The number of benzene rings is 1. The summed E-state index contributed by atoms with van der Waals surface area (Å²) in [6, 6.07) is 5.14. The molecule has 10 heteroatoms. The highest BCUT2D eigenvalue weighted by atomic mass is 35.5. The van der Waals surface area contributed by atoms with Gasteiger partial charge in [0.25, 0.3) is 10.0 Å². The van der Waals surface area contributed by atoms with E-state index >= 15 is 0 Å². The van der Waals surface area contributed by atoms with E-state index < -0.39 is 22.0 Å². The minimum Gasteiger partial charge on any atom is -0.465 e. The molecule has 0 saturated heterocycles. The van der Waals surface area contributed by atoms with Crippen LogP contribution in [0.4, 0.5) is 5.69 Å². The molecule has 0 atom stereocenters. The molecule has 128 valence electrons. The smallest absolute Gasteiger partial charge is 0.350 e. The third-order valence-electron chi connectivity index (χ3n) is 2.92. The van der Waals surface area contributed by atoms with Gasteiger partial charge in [-0.1, -0.05) is 11.6 Å². The van der Waals surface area contributed by atoms with Gasteiger partial charge in [-0.15, -0.1) is 11.3 Å². The number of hydrogen-bond donors (Lipinski definition) is 1. The lowest BCUT2D eigenvalue weighted by atomic mass is 10.2. The Kier molecular flexibility index (Phi) is 5.47. The van der Waals surface area contributed by atoms with E-state index in [1.165, 1.54) is 37.8 Å². The van der Waals surface area contributed by atoms with Crippen LogP contribution in [-0.4, -0.2) is 34.6 Å². The zero-order valence-electron chi connectivity index (χ0n) is 12.5. The van der Waals surface area contributed by atoms with Crippen molar-refractivity contribution in [2.24, 2.45) is 0 Å². The number of nitrogens with one attached hydrogen (secondary N) is 1. The topological polar surface area (TPSA) is 98.8 Å². The maximum Gasteiger partial charge on any atom is 0.350 e. The molecule has 1 heterocycles. The lowest BCUT2D eigenvalue weighted by Crippen LogP contribution is -2.16. The summed E-state index contributed by atoms with van der Waals surface area (Å²) in [5.74, 6) is -1.37.